The Bertz CT molecular complexity index is 213. The predicted octanol–water partition coefficient (Wildman–Crippen LogP) is -0.181. The number of hydrogen-bond acceptors (Lipinski definition) is 6. The number of carbonyl (C=O) groups is 1. The van der Waals surface area contributed by atoms with E-state index >= 15 is 0 Å². The van der Waals surface area contributed by atoms with Crippen molar-refractivity contribution in [3.8, 4) is 0 Å². The lowest BCUT2D eigenvalue weighted by molar-refractivity contribution is -0.742. The second-order valence-electron chi connectivity index (χ2n) is 2.17. The first-order chi connectivity index (χ1) is 5.99. The van der Waals surface area contributed by atoms with Crippen LogP contribution < -0.4 is 0 Å². The van der Waals surface area contributed by atoms with Gasteiger partial charge in [-0.3, -0.25) is 25.0 Å². The first-order valence-corrected chi connectivity index (χ1v) is 3.32. The van der Waals surface area contributed by atoms with E-state index in [1.165, 1.54) is 0 Å². The topological polar surface area (TPSA) is 113 Å². The van der Waals surface area contributed by atoms with Crippen LogP contribution in [0.3, 0.4) is 0 Å². The summed E-state index contributed by atoms with van der Waals surface area (Å²) in [5.41, 5.74) is 0. The molecule has 0 saturated carbocycles. The molecule has 0 spiro atoms. The lowest BCUT2D eigenvalue weighted by atomic mass is 10.3. The average molecular weight is 192 g/mol. The fourth-order valence-electron chi connectivity index (χ4n) is 0.637. The fourth-order valence-corrected chi connectivity index (χ4v) is 0.637. The van der Waals surface area contributed by atoms with Crippen LogP contribution in [0.4, 0.5) is 0 Å². The summed E-state index contributed by atoms with van der Waals surface area (Å²) in [5.74, 6) is -0.700. The molecule has 0 aromatic heterocycles. The van der Waals surface area contributed by atoms with Gasteiger partial charge in [0.2, 0.25) is 0 Å². The maximum Gasteiger partial charge on any atom is 0.451 e. The SMILES string of the molecule is COC(=O)CCC([N+](=O)[O-])[N+](=O)[O-]. The highest BCUT2D eigenvalue weighted by Gasteiger charge is 2.32. The first kappa shape index (κ1) is 11.3. The summed E-state index contributed by atoms with van der Waals surface area (Å²) >= 11 is 0. The maximum absolute atomic E-state index is 10.5. The average Bonchev–Trinajstić information content (AvgIpc) is 2.03. The van der Waals surface area contributed by atoms with Gasteiger partial charge in [-0.25, -0.2) is 0 Å². The van der Waals surface area contributed by atoms with Crippen LogP contribution in [-0.4, -0.2) is 29.1 Å². The van der Waals surface area contributed by atoms with Gasteiger partial charge in [0.1, 0.15) is 0 Å². The molecule has 0 aliphatic carbocycles. The van der Waals surface area contributed by atoms with Gasteiger partial charge in [-0.05, 0) is 0 Å². The summed E-state index contributed by atoms with van der Waals surface area (Å²) in [6.07, 6.45) is -2.71. The highest BCUT2D eigenvalue weighted by atomic mass is 16.7. The van der Waals surface area contributed by atoms with Crippen LogP contribution in [0.1, 0.15) is 12.8 Å². The standard InChI is InChI=1S/C5H8N2O6/c1-13-5(8)3-2-4(6(9)10)7(11)12/h4H,2-3H2,1H3. The van der Waals surface area contributed by atoms with E-state index in [-0.39, 0.29) is 6.42 Å². The third-order valence-corrected chi connectivity index (χ3v) is 1.32. The van der Waals surface area contributed by atoms with Gasteiger partial charge in [-0.2, -0.15) is 0 Å². The van der Waals surface area contributed by atoms with Crippen LogP contribution in [0.5, 0.6) is 0 Å². The molecule has 0 heterocycles. The Hall–Kier alpha value is -1.73. The number of ether oxygens (including phenoxy) is 1. The summed E-state index contributed by atoms with van der Waals surface area (Å²) < 4.78 is 4.18. The third-order valence-electron chi connectivity index (χ3n) is 1.32. The molecular weight excluding hydrogens is 184 g/mol. The minimum atomic E-state index is -1.93. The van der Waals surface area contributed by atoms with Crippen molar-refractivity contribution in [2.45, 2.75) is 19.0 Å². The molecule has 0 aromatic carbocycles. The van der Waals surface area contributed by atoms with Crippen LogP contribution >= 0.6 is 0 Å². The lowest BCUT2D eigenvalue weighted by Gasteiger charge is -2.00. The van der Waals surface area contributed by atoms with Gasteiger partial charge < -0.3 is 4.74 Å². The normalized spacial score (nSPS) is 9.69. The van der Waals surface area contributed by atoms with Crippen molar-refractivity contribution in [3.63, 3.8) is 0 Å². The Labute approximate surface area is 72.8 Å². The molecule has 0 aliphatic heterocycles. The van der Waals surface area contributed by atoms with Gasteiger partial charge >= 0.3 is 12.1 Å². The third kappa shape index (κ3) is 3.99. The van der Waals surface area contributed by atoms with Crippen LogP contribution in [0.15, 0.2) is 0 Å². The van der Waals surface area contributed by atoms with Crippen molar-refractivity contribution in [3.05, 3.63) is 20.2 Å². The van der Waals surface area contributed by atoms with Gasteiger partial charge in [0.15, 0.2) is 0 Å². The number of carbonyl (C=O) groups excluding carboxylic acids is 1. The molecule has 74 valence electrons. The van der Waals surface area contributed by atoms with Gasteiger partial charge in [0.05, 0.1) is 29.8 Å². The maximum atomic E-state index is 10.5. The molecule has 0 N–H and O–H groups in total. The van der Waals surface area contributed by atoms with Gasteiger partial charge in [0.25, 0.3) is 0 Å². The second-order valence-corrected chi connectivity index (χ2v) is 2.17. The van der Waals surface area contributed by atoms with Crippen molar-refractivity contribution >= 4 is 5.97 Å². The van der Waals surface area contributed by atoms with Crippen molar-refractivity contribution in [2.24, 2.45) is 0 Å². The molecule has 0 atom stereocenters. The molecular formula is C5H8N2O6. The zero-order valence-electron chi connectivity index (χ0n) is 6.84. The van der Waals surface area contributed by atoms with Gasteiger partial charge in [-0.15, -0.1) is 0 Å². The molecule has 8 heteroatoms. The number of methoxy groups -OCH3 is 1. The fraction of sp³-hybridized carbons (Fsp3) is 0.800. The smallest absolute Gasteiger partial charge is 0.451 e. The monoisotopic (exact) mass is 192 g/mol. The van der Waals surface area contributed by atoms with E-state index in [1.807, 2.05) is 0 Å². The van der Waals surface area contributed by atoms with E-state index in [4.69, 9.17) is 0 Å². The molecule has 0 amide bonds. The summed E-state index contributed by atoms with van der Waals surface area (Å²) in [6.45, 7) is 0. The molecule has 0 aromatic rings. The van der Waals surface area contributed by atoms with Crippen LogP contribution in [-0.2, 0) is 9.53 Å². The minimum absolute atomic E-state index is 0.330. The Kier molecular flexibility index (Phi) is 4.34. The predicted molar refractivity (Wildman–Crippen MR) is 39.0 cm³/mol. The Morgan fingerprint density at radius 2 is 1.85 bits per heavy atom. The van der Waals surface area contributed by atoms with E-state index in [0.717, 1.165) is 7.11 Å². The molecule has 0 radical (unpaired) electrons. The summed E-state index contributed by atoms with van der Waals surface area (Å²) in [7, 11) is 1.11. The number of nitro groups is 2. The zero-order valence-corrected chi connectivity index (χ0v) is 6.84. The van der Waals surface area contributed by atoms with E-state index in [0.29, 0.717) is 0 Å². The zero-order chi connectivity index (χ0) is 10.4. The molecule has 0 aliphatic rings. The second kappa shape index (κ2) is 5.01. The molecule has 0 unspecified atom stereocenters. The number of hydrogen-bond donors (Lipinski definition) is 0. The van der Waals surface area contributed by atoms with E-state index in [2.05, 4.69) is 4.74 Å². The molecule has 0 bridgehead atoms. The van der Waals surface area contributed by atoms with Gasteiger partial charge in [0, 0.05) is 0 Å². The molecule has 13 heavy (non-hydrogen) atoms. The Morgan fingerprint density at radius 3 is 2.15 bits per heavy atom. The number of nitrogens with zero attached hydrogens (tertiary/aromatic N) is 2. The largest absolute Gasteiger partial charge is 0.469 e. The van der Waals surface area contributed by atoms with Crippen molar-refractivity contribution < 1.29 is 19.4 Å². The summed E-state index contributed by atoms with van der Waals surface area (Å²) in [6, 6.07) is 0. The summed E-state index contributed by atoms with van der Waals surface area (Å²) in [5, 5.41) is 20.1. The van der Waals surface area contributed by atoms with Crippen molar-refractivity contribution in [1.82, 2.24) is 0 Å². The van der Waals surface area contributed by atoms with Crippen LogP contribution in [0.2, 0.25) is 0 Å². The number of rotatable bonds is 5. The van der Waals surface area contributed by atoms with Crippen molar-refractivity contribution in [2.75, 3.05) is 7.11 Å². The Balaban J connectivity index is 4.05. The highest BCUT2D eigenvalue weighted by Crippen LogP contribution is 2.02. The van der Waals surface area contributed by atoms with E-state index in [1.54, 1.807) is 0 Å². The van der Waals surface area contributed by atoms with E-state index in [9.17, 15) is 25.0 Å². The lowest BCUT2D eigenvalue weighted by Crippen LogP contribution is -2.29. The molecule has 8 nitrogen and oxygen atoms in total. The van der Waals surface area contributed by atoms with Crippen molar-refractivity contribution in [1.29, 1.82) is 0 Å². The Morgan fingerprint density at radius 1 is 1.38 bits per heavy atom. The first-order valence-electron chi connectivity index (χ1n) is 3.32. The van der Waals surface area contributed by atoms with E-state index < -0.39 is 28.4 Å². The quantitative estimate of drug-likeness (QED) is 0.258. The van der Waals surface area contributed by atoms with Gasteiger partial charge in [-0.1, -0.05) is 0 Å². The summed E-state index contributed by atoms with van der Waals surface area (Å²) in [4.78, 5) is 28.5. The van der Waals surface area contributed by atoms with Crippen LogP contribution in [0.25, 0.3) is 0 Å². The molecule has 0 fully saturated rings. The minimum Gasteiger partial charge on any atom is -0.469 e. The molecule has 0 saturated heterocycles. The number of esters is 1. The highest BCUT2D eigenvalue weighted by molar-refractivity contribution is 5.69. The van der Waals surface area contributed by atoms with Crippen LogP contribution in [0, 0.1) is 20.2 Å². The molecule has 0 rings (SSSR count).